The highest BCUT2D eigenvalue weighted by atomic mass is 79.9. The average molecular weight is 275 g/mol. The van der Waals surface area contributed by atoms with Crippen LogP contribution in [-0.4, -0.2) is 6.21 Å². The number of nitrogens with zero attached hydrogens (tertiary/aromatic N) is 1. The van der Waals surface area contributed by atoms with Gasteiger partial charge in [-0.3, -0.25) is 5.43 Å². The van der Waals surface area contributed by atoms with E-state index in [4.69, 9.17) is 0 Å². The zero-order valence-corrected chi connectivity index (χ0v) is 10.2. The summed E-state index contributed by atoms with van der Waals surface area (Å²) in [5.41, 5.74) is 5.00. The van der Waals surface area contributed by atoms with Gasteiger partial charge in [0.05, 0.1) is 11.9 Å². The molecule has 0 aliphatic carbocycles. The van der Waals surface area contributed by atoms with Gasteiger partial charge in [-0.25, -0.2) is 0 Å². The largest absolute Gasteiger partial charge is 0.279 e. The fraction of sp³-hybridized carbons (Fsp3) is 0. The van der Waals surface area contributed by atoms with Gasteiger partial charge in [0, 0.05) is 4.47 Å². The van der Waals surface area contributed by atoms with Crippen LogP contribution in [0.2, 0.25) is 0 Å². The second kappa shape index (κ2) is 5.47. The van der Waals surface area contributed by atoms with Crippen molar-refractivity contribution in [3.63, 3.8) is 0 Å². The highest BCUT2D eigenvalue weighted by Gasteiger charge is 1.89. The fourth-order valence-electron chi connectivity index (χ4n) is 1.28. The summed E-state index contributed by atoms with van der Waals surface area (Å²) in [6.07, 6.45) is 1.79. The van der Waals surface area contributed by atoms with Crippen molar-refractivity contribution in [2.45, 2.75) is 0 Å². The fourth-order valence-corrected chi connectivity index (χ4v) is 1.70. The van der Waals surface area contributed by atoms with Crippen LogP contribution in [0.1, 0.15) is 5.56 Å². The molecule has 0 unspecified atom stereocenters. The molecule has 2 nitrogen and oxygen atoms in total. The first-order valence-electron chi connectivity index (χ1n) is 4.94. The predicted octanol–water partition coefficient (Wildman–Crippen LogP) is 3.90. The molecule has 0 saturated carbocycles. The molecule has 0 aliphatic rings. The number of rotatable bonds is 3. The van der Waals surface area contributed by atoms with Crippen molar-refractivity contribution < 1.29 is 0 Å². The summed E-state index contributed by atoms with van der Waals surface area (Å²) in [6.45, 7) is 0. The summed E-state index contributed by atoms with van der Waals surface area (Å²) < 4.78 is 1.05. The molecule has 0 amide bonds. The second-order valence-corrected chi connectivity index (χ2v) is 4.21. The van der Waals surface area contributed by atoms with Crippen molar-refractivity contribution in [3.05, 3.63) is 64.6 Å². The van der Waals surface area contributed by atoms with E-state index in [1.165, 1.54) is 0 Å². The number of hydrogen-bond donors (Lipinski definition) is 1. The van der Waals surface area contributed by atoms with Gasteiger partial charge in [0.2, 0.25) is 0 Å². The zero-order chi connectivity index (χ0) is 11.2. The molecule has 80 valence electrons. The number of nitrogens with one attached hydrogen (secondary N) is 1. The molecule has 0 heterocycles. The Labute approximate surface area is 103 Å². The SMILES string of the molecule is Brc1cccc(C=NNc2ccccc2)c1. The van der Waals surface area contributed by atoms with Gasteiger partial charge in [-0.05, 0) is 29.8 Å². The summed E-state index contributed by atoms with van der Waals surface area (Å²) in [5.74, 6) is 0. The molecule has 0 aromatic heterocycles. The molecule has 0 fully saturated rings. The van der Waals surface area contributed by atoms with Crippen molar-refractivity contribution in [2.24, 2.45) is 5.10 Å². The number of para-hydroxylation sites is 1. The van der Waals surface area contributed by atoms with Crippen LogP contribution >= 0.6 is 15.9 Å². The molecular formula is C13H11BrN2. The molecule has 0 bridgehead atoms. The maximum atomic E-state index is 4.16. The Bertz CT molecular complexity index is 480. The Morgan fingerprint density at radius 1 is 1.00 bits per heavy atom. The molecule has 2 rings (SSSR count). The third-order valence-corrected chi connectivity index (χ3v) is 2.52. The maximum absolute atomic E-state index is 4.16. The Hall–Kier alpha value is -1.61. The summed E-state index contributed by atoms with van der Waals surface area (Å²) >= 11 is 3.42. The molecule has 2 aromatic rings. The number of anilines is 1. The predicted molar refractivity (Wildman–Crippen MR) is 71.8 cm³/mol. The van der Waals surface area contributed by atoms with E-state index in [0.717, 1.165) is 15.7 Å². The summed E-state index contributed by atoms with van der Waals surface area (Å²) in [4.78, 5) is 0. The first-order valence-corrected chi connectivity index (χ1v) is 5.73. The van der Waals surface area contributed by atoms with E-state index in [1.54, 1.807) is 6.21 Å². The minimum Gasteiger partial charge on any atom is -0.279 e. The van der Waals surface area contributed by atoms with Crippen LogP contribution in [0.15, 0.2) is 64.2 Å². The van der Waals surface area contributed by atoms with Crippen LogP contribution in [0.3, 0.4) is 0 Å². The van der Waals surface area contributed by atoms with E-state index in [0.29, 0.717) is 0 Å². The number of hydrazone groups is 1. The van der Waals surface area contributed by atoms with E-state index in [2.05, 4.69) is 26.5 Å². The van der Waals surface area contributed by atoms with Crippen LogP contribution in [0.4, 0.5) is 5.69 Å². The van der Waals surface area contributed by atoms with E-state index in [1.807, 2.05) is 54.6 Å². The summed E-state index contributed by atoms with van der Waals surface area (Å²) in [5, 5.41) is 4.16. The van der Waals surface area contributed by atoms with Crippen molar-refractivity contribution >= 4 is 27.8 Å². The smallest absolute Gasteiger partial charge is 0.0561 e. The minimum absolute atomic E-state index is 0.980. The highest BCUT2D eigenvalue weighted by molar-refractivity contribution is 9.10. The van der Waals surface area contributed by atoms with Gasteiger partial charge in [0.25, 0.3) is 0 Å². The minimum atomic E-state index is 0.980. The normalized spacial score (nSPS) is 10.6. The lowest BCUT2D eigenvalue weighted by atomic mass is 10.2. The number of hydrogen-bond acceptors (Lipinski definition) is 2. The third kappa shape index (κ3) is 3.21. The Kier molecular flexibility index (Phi) is 3.72. The summed E-state index contributed by atoms with van der Waals surface area (Å²) in [7, 11) is 0. The average Bonchev–Trinajstić information content (AvgIpc) is 2.30. The van der Waals surface area contributed by atoms with Gasteiger partial charge in [-0.2, -0.15) is 5.10 Å². The molecule has 2 aromatic carbocycles. The zero-order valence-electron chi connectivity index (χ0n) is 8.60. The lowest BCUT2D eigenvalue weighted by Gasteiger charge is -1.98. The quantitative estimate of drug-likeness (QED) is 0.667. The monoisotopic (exact) mass is 274 g/mol. The van der Waals surface area contributed by atoms with Crippen LogP contribution in [0.5, 0.6) is 0 Å². The maximum Gasteiger partial charge on any atom is 0.0561 e. The van der Waals surface area contributed by atoms with Crippen LogP contribution < -0.4 is 5.43 Å². The highest BCUT2D eigenvalue weighted by Crippen LogP contribution is 2.10. The molecular weight excluding hydrogens is 264 g/mol. The lowest BCUT2D eigenvalue weighted by molar-refractivity contribution is 1.35. The molecule has 0 saturated heterocycles. The Balaban J connectivity index is 2.00. The van der Waals surface area contributed by atoms with E-state index < -0.39 is 0 Å². The molecule has 1 N–H and O–H groups in total. The van der Waals surface area contributed by atoms with Crippen LogP contribution in [-0.2, 0) is 0 Å². The number of benzene rings is 2. The van der Waals surface area contributed by atoms with Gasteiger partial charge in [0.15, 0.2) is 0 Å². The first kappa shape index (κ1) is 10.9. The standard InChI is InChI=1S/C13H11BrN2/c14-12-6-4-5-11(9-12)10-15-16-13-7-2-1-3-8-13/h1-10,16H. The van der Waals surface area contributed by atoms with Gasteiger partial charge < -0.3 is 0 Å². The van der Waals surface area contributed by atoms with Crippen molar-refractivity contribution in [3.8, 4) is 0 Å². The van der Waals surface area contributed by atoms with Crippen molar-refractivity contribution in [2.75, 3.05) is 5.43 Å². The van der Waals surface area contributed by atoms with E-state index in [9.17, 15) is 0 Å². The van der Waals surface area contributed by atoms with E-state index in [-0.39, 0.29) is 0 Å². The first-order chi connectivity index (χ1) is 7.84. The number of halogens is 1. The molecule has 0 atom stereocenters. The second-order valence-electron chi connectivity index (χ2n) is 3.29. The van der Waals surface area contributed by atoms with Crippen molar-refractivity contribution in [1.82, 2.24) is 0 Å². The van der Waals surface area contributed by atoms with Crippen LogP contribution in [0.25, 0.3) is 0 Å². The summed E-state index contributed by atoms with van der Waals surface area (Å²) in [6, 6.07) is 17.8. The molecule has 0 aliphatic heterocycles. The molecule has 16 heavy (non-hydrogen) atoms. The van der Waals surface area contributed by atoms with Gasteiger partial charge in [-0.15, -0.1) is 0 Å². The van der Waals surface area contributed by atoms with Crippen molar-refractivity contribution in [1.29, 1.82) is 0 Å². The Morgan fingerprint density at radius 2 is 1.81 bits per heavy atom. The van der Waals surface area contributed by atoms with Gasteiger partial charge in [-0.1, -0.05) is 46.3 Å². The third-order valence-electron chi connectivity index (χ3n) is 2.03. The lowest BCUT2D eigenvalue weighted by Crippen LogP contribution is -1.89. The molecule has 0 radical (unpaired) electrons. The van der Waals surface area contributed by atoms with E-state index >= 15 is 0 Å². The topological polar surface area (TPSA) is 24.4 Å². The molecule has 3 heteroatoms. The van der Waals surface area contributed by atoms with Crippen LogP contribution in [0, 0.1) is 0 Å². The van der Waals surface area contributed by atoms with Gasteiger partial charge in [0.1, 0.15) is 0 Å². The van der Waals surface area contributed by atoms with Gasteiger partial charge >= 0.3 is 0 Å². The molecule has 0 spiro atoms. The Morgan fingerprint density at radius 3 is 2.56 bits per heavy atom.